The highest BCUT2D eigenvalue weighted by atomic mass is 32.1. The maximum atomic E-state index is 13.4. The van der Waals surface area contributed by atoms with Crippen molar-refractivity contribution in [3.8, 4) is 0 Å². The number of nitrogens with one attached hydrogen (secondary N) is 1. The van der Waals surface area contributed by atoms with Crippen molar-refractivity contribution in [3.63, 3.8) is 0 Å². The van der Waals surface area contributed by atoms with E-state index in [0.717, 1.165) is 17.0 Å². The van der Waals surface area contributed by atoms with Gasteiger partial charge in [0.2, 0.25) is 0 Å². The molecule has 0 radical (unpaired) electrons. The SMILES string of the molecule is NCC(NCc1cccs1)c1cc(F)cc(C(F)(F)F)c1. The lowest BCUT2D eigenvalue weighted by Crippen LogP contribution is -2.28. The zero-order chi connectivity index (χ0) is 15.5. The fourth-order valence-corrected chi connectivity index (χ4v) is 2.61. The molecular formula is C14H14F4N2S. The highest BCUT2D eigenvalue weighted by Crippen LogP contribution is 2.31. The smallest absolute Gasteiger partial charge is 0.329 e. The van der Waals surface area contributed by atoms with Gasteiger partial charge in [-0.25, -0.2) is 4.39 Å². The van der Waals surface area contributed by atoms with Gasteiger partial charge in [0.05, 0.1) is 5.56 Å². The fourth-order valence-electron chi connectivity index (χ4n) is 1.95. The number of thiophene rings is 1. The average molecular weight is 318 g/mol. The second kappa shape index (κ2) is 6.55. The van der Waals surface area contributed by atoms with E-state index in [0.29, 0.717) is 12.6 Å². The van der Waals surface area contributed by atoms with Crippen LogP contribution in [0, 0.1) is 5.82 Å². The summed E-state index contributed by atoms with van der Waals surface area (Å²) in [6.45, 7) is 0.545. The van der Waals surface area contributed by atoms with Crippen molar-refractivity contribution in [2.75, 3.05) is 6.54 Å². The molecule has 2 nitrogen and oxygen atoms in total. The Morgan fingerprint density at radius 3 is 2.57 bits per heavy atom. The molecule has 0 bridgehead atoms. The molecule has 0 aliphatic carbocycles. The van der Waals surface area contributed by atoms with E-state index in [9.17, 15) is 17.6 Å². The van der Waals surface area contributed by atoms with E-state index in [2.05, 4.69) is 5.32 Å². The van der Waals surface area contributed by atoms with Crippen LogP contribution >= 0.6 is 11.3 Å². The molecule has 1 unspecified atom stereocenters. The van der Waals surface area contributed by atoms with Crippen LogP contribution in [0.1, 0.15) is 22.0 Å². The summed E-state index contributed by atoms with van der Waals surface area (Å²) in [4.78, 5) is 1.03. The first-order valence-electron chi connectivity index (χ1n) is 6.23. The van der Waals surface area contributed by atoms with Gasteiger partial charge in [0, 0.05) is 24.0 Å². The zero-order valence-corrected chi connectivity index (χ0v) is 11.8. The van der Waals surface area contributed by atoms with Gasteiger partial charge in [0.15, 0.2) is 0 Å². The van der Waals surface area contributed by atoms with Crippen LogP contribution in [-0.2, 0) is 12.7 Å². The van der Waals surface area contributed by atoms with Gasteiger partial charge in [-0.05, 0) is 35.2 Å². The predicted molar refractivity (Wildman–Crippen MR) is 74.4 cm³/mol. The normalized spacial score (nSPS) is 13.4. The van der Waals surface area contributed by atoms with Crippen LogP contribution in [0.15, 0.2) is 35.7 Å². The van der Waals surface area contributed by atoms with Gasteiger partial charge in [0.1, 0.15) is 5.82 Å². The second-order valence-corrected chi connectivity index (χ2v) is 5.55. The molecule has 0 amide bonds. The molecule has 1 aromatic carbocycles. The summed E-state index contributed by atoms with van der Waals surface area (Å²) >= 11 is 1.52. The van der Waals surface area contributed by atoms with Crippen LogP contribution in [0.5, 0.6) is 0 Å². The lowest BCUT2D eigenvalue weighted by molar-refractivity contribution is -0.137. The number of hydrogen-bond donors (Lipinski definition) is 2. The maximum absolute atomic E-state index is 13.4. The molecule has 3 N–H and O–H groups in total. The van der Waals surface area contributed by atoms with Crippen molar-refractivity contribution >= 4 is 11.3 Å². The van der Waals surface area contributed by atoms with Crippen LogP contribution in [0.2, 0.25) is 0 Å². The zero-order valence-electron chi connectivity index (χ0n) is 11.0. The number of nitrogens with two attached hydrogens (primary N) is 1. The number of rotatable bonds is 5. The lowest BCUT2D eigenvalue weighted by Gasteiger charge is -2.18. The molecule has 0 aliphatic rings. The van der Waals surface area contributed by atoms with E-state index in [1.165, 1.54) is 11.3 Å². The number of hydrogen-bond acceptors (Lipinski definition) is 3. The highest BCUT2D eigenvalue weighted by Gasteiger charge is 2.31. The van der Waals surface area contributed by atoms with E-state index >= 15 is 0 Å². The van der Waals surface area contributed by atoms with Crippen molar-refractivity contribution in [1.82, 2.24) is 5.32 Å². The Kier molecular flexibility index (Phi) is 4.97. The number of benzene rings is 1. The summed E-state index contributed by atoms with van der Waals surface area (Å²) in [7, 11) is 0. The van der Waals surface area contributed by atoms with Crippen LogP contribution in [0.25, 0.3) is 0 Å². The fraction of sp³-hybridized carbons (Fsp3) is 0.286. The molecule has 0 saturated heterocycles. The molecule has 1 atom stereocenters. The van der Waals surface area contributed by atoms with Crippen molar-refractivity contribution in [2.45, 2.75) is 18.8 Å². The molecule has 1 heterocycles. The summed E-state index contributed by atoms with van der Waals surface area (Å²) < 4.78 is 51.5. The minimum absolute atomic E-state index is 0.0755. The summed E-state index contributed by atoms with van der Waals surface area (Å²) in [6.07, 6.45) is -4.58. The van der Waals surface area contributed by atoms with Crippen LogP contribution < -0.4 is 11.1 Å². The molecule has 0 fully saturated rings. The molecule has 1 aromatic heterocycles. The highest BCUT2D eigenvalue weighted by molar-refractivity contribution is 7.09. The van der Waals surface area contributed by atoms with Gasteiger partial charge in [-0.15, -0.1) is 11.3 Å². The van der Waals surface area contributed by atoms with Crippen LogP contribution in [0.4, 0.5) is 17.6 Å². The molecule has 0 saturated carbocycles. The molecule has 7 heteroatoms. The minimum Gasteiger partial charge on any atom is -0.329 e. The van der Waals surface area contributed by atoms with Crippen molar-refractivity contribution in [3.05, 3.63) is 57.5 Å². The summed E-state index contributed by atoms with van der Waals surface area (Å²) in [5.41, 5.74) is 4.78. The second-order valence-electron chi connectivity index (χ2n) is 4.52. The first-order chi connectivity index (χ1) is 9.90. The number of halogens is 4. The summed E-state index contributed by atoms with van der Waals surface area (Å²) in [6, 6.07) is 5.73. The van der Waals surface area contributed by atoms with Gasteiger partial charge in [0.25, 0.3) is 0 Å². The first kappa shape index (κ1) is 15.9. The van der Waals surface area contributed by atoms with Crippen molar-refractivity contribution in [1.29, 1.82) is 0 Å². The van der Waals surface area contributed by atoms with Gasteiger partial charge >= 0.3 is 6.18 Å². The number of alkyl halides is 3. The Bertz CT molecular complexity index is 581. The standard InChI is InChI=1S/C14H14F4N2S/c15-11-5-9(4-10(6-11)14(16,17)18)13(7-19)20-8-12-2-1-3-21-12/h1-6,13,20H,7-8,19H2. The Morgan fingerprint density at radius 1 is 1.24 bits per heavy atom. The van der Waals surface area contributed by atoms with Gasteiger partial charge < -0.3 is 11.1 Å². The van der Waals surface area contributed by atoms with E-state index in [-0.39, 0.29) is 12.1 Å². The Hall–Kier alpha value is -1.44. The van der Waals surface area contributed by atoms with E-state index in [1.54, 1.807) is 0 Å². The van der Waals surface area contributed by atoms with Crippen molar-refractivity contribution in [2.24, 2.45) is 5.73 Å². The third-order valence-electron chi connectivity index (χ3n) is 2.99. The quantitative estimate of drug-likeness (QED) is 0.825. The van der Waals surface area contributed by atoms with Gasteiger partial charge in [-0.3, -0.25) is 0 Å². The maximum Gasteiger partial charge on any atom is 0.416 e. The summed E-state index contributed by atoms with van der Waals surface area (Å²) in [5.74, 6) is -0.920. The molecule has 2 aromatic rings. The molecular weight excluding hydrogens is 304 g/mol. The predicted octanol–water partition coefficient (Wildman–Crippen LogP) is 3.70. The Labute approximate surface area is 123 Å². The Balaban J connectivity index is 2.19. The van der Waals surface area contributed by atoms with Crippen LogP contribution in [-0.4, -0.2) is 6.54 Å². The van der Waals surface area contributed by atoms with E-state index < -0.39 is 23.6 Å². The molecule has 114 valence electrons. The molecule has 0 aliphatic heterocycles. The minimum atomic E-state index is -4.58. The van der Waals surface area contributed by atoms with E-state index in [4.69, 9.17) is 5.73 Å². The van der Waals surface area contributed by atoms with Crippen LogP contribution in [0.3, 0.4) is 0 Å². The monoisotopic (exact) mass is 318 g/mol. The van der Waals surface area contributed by atoms with Crippen molar-refractivity contribution < 1.29 is 17.6 Å². The summed E-state index contributed by atoms with van der Waals surface area (Å²) in [5, 5.41) is 4.95. The van der Waals surface area contributed by atoms with E-state index in [1.807, 2.05) is 17.5 Å². The first-order valence-corrected chi connectivity index (χ1v) is 7.11. The molecule has 21 heavy (non-hydrogen) atoms. The Morgan fingerprint density at radius 2 is 2.00 bits per heavy atom. The van der Waals surface area contributed by atoms with Gasteiger partial charge in [-0.2, -0.15) is 13.2 Å². The largest absolute Gasteiger partial charge is 0.416 e. The lowest BCUT2D eigenvalue weighted by atomic mass is 10.0. The third kappa shape index (κ3) is 4.26. The molecule has 2 rings (SSSR count). The third-order valence-corrected chi connectivity index (χ3v) is 3.86. The average Bonchev–Trinajstić information content (AvgIpc) is 2.91. The van der Waals surface area contributed by atoms with Gasteiger partial charge in [-0.1, -0.05) is 6.07 Å². The topological polar surface area (TPSA) is 38.0 Å². The molecule has 0 spiro atoms.